The van der Waals surface area contributed by atoms with Crippen LogP contribution in [0.5, 0.6) is 11.5 Å². The zero-order chi connectivity index (χ0) is 20.5. The third kappa shape index (κ3) is 5.84. The molecular formula is C23H21NO5. The molecule has 3 rings (SSSR count). The van der Waals surface area contributed by atoms with Gasteiger partial charge in [0.25, 0.3) is 5.91 Å². The molecule has 0 atom stereocenters. The Balaban J connectivity index is 1.47. The van der Waals surface area contributed by atoms with Crippen molar-refractivity contribution in [1.29, 1.82) is 0 Å². The van der Waals surface area contributed by atoms with E-state index in [9.17, 15) is 9.59 Å². The summed E-state index contributed by atoms with van der Waals surface area (Å²) in [7, 11) is 1.32. The fraction of sp³-hybridized carbons (Fsp3) is 0.130. The third-order valence-corrected chi connectivity index (χ3v) is 4.04. The van der Waals surface area contributed by atoms with Crippen molar-refractivity contribution in [3.05, 3.63) is 90.0 Å². The largest absolute Gasteiger partial charge is 0.490 e. The first-order chi connectivity index (χ1) is 14.2. The lowest BCUT2D eigenvalue weighted by atomic mass is 10.1. The Morgan fingerprint density at radius 1 is 0.724 bits per heavy atom. The minimum Gasteiger partial charge on any atom is -0.490 e. The summed E-state index contributed by atoms with van der Waals surface area (Å²) in [5.41, 5.74) is 1.50. The van der Waals surface area contributed by atoms with Gasteiger partial charge in [0, 0.05) is 11.3 Å². The monoisotopic (exact) mass is 391 g/mol. The zero-order valence-corrected chi connectivity index (χ0v) is 16.0. The number of amides is 1. The van der Waals surface area contributed by atoms with Crippen LogP contribution in [0.4, 0.5) is 5.69 Å². The number of hydrogen-bond acceptors (Lipinski definition) is 5. The van der Waals surface area contributed by atoms with Crippen LogP contribution in [-0.2, 0) is 4.74 Å². The first-order valence-corrected chi connectivity index (χ1v) is 9.06. The van der Waals surface area contributed by atoms with E-state index in [4.69, 9.17) is 9.47 Å². The molecule has 3 aromatic carbocycles. The van der Waals surface area contributed by atoms with Gasteiger partial charge in [-0.1, -0.05) is 18.2 Å². The number of ether oxygens (including phenoxy) is 3. The van der Waals surface area contributed by atoms with Crippen molar-refractivity contribution in [3.8, 4) is 11.5 Å². The summed E-state index contributed by atoms with van der Waals surface area (Å²) in [5.74, 6) is 0.769. The van der Waals surface area contributed by atoms with Crippen molar-refractivity contribution in [2.75, 3.05) is 25.6 Å². The quantitative estimate of drug-likeness (QED) is 0.461. The Bertz CT molecular complexity index is 937. The van der Waals surface area contributed by atoms with Crippen molar-refractivity contribution >= 4 is 17.6 Å². The molecule has 0 fully saturated rings. The van der Waals surface area contributed by atoms with Gasteiger partial charge in [-0.3, -0.25) is 4.79 Å². The standard InChI is InChI=1S/C23H21NO5/c1-27-23(26)18-7-11-19(12-8-18)24-22(25)17-9-13-21(14-10-17)29-16-15-28-20-5-3-2-4-6-20/h2-14H,15-16H2,1H3,(H,24,25). The summed E-state index contributed by atoms with van der Waals surface area (Å²) < 4.78 is 15.8. The maximum atomic E-state index is 12.4. The van der Waals surface area contributed by atoms with E-state index in [1.54, 1.807) is 48.5 Å². The van der Waals surface area contributed by atoms with Crippen LogP contribution in [-0.4, -0.2) is 32.2 Å². The third-order valence-electron chi connectivity index (χ3n) is 4.04. The van der Waals surface area contributed by atoms with Crippen LogP contribution < -0.4 is 14.8 Å². The van der Waals surface area contributed by atoms with E-state index in [1.807, 2.05) is 30.3 Å². The van der Waals surface area contributed by atoms with E-state index >= 15 is 0 Å². The van der Waals surface area contributed by atoms with Crippen molar-refractivity contribution in [3.63, 3.8) is 0 Å². The first-order valence-electron chi connectivity index (χ1n) is 9.06. The van der Waals surface area contributed by atoms with Gasteiger partial charge in [0.1, 0.15) is 24.7 Å². The average Bonchev–Trinajstić information content (AvgIpc) is 2.78. The number of rotatable bonds is 8. The minimum atomic E-state index is -0.423. The van der Waals surface area contributed by atoms with Crippen LogP contribution in [0.15, 0.2) is 78.9 Å². The predicted octanol–water partition coefficient (Wildman–Crippen LogP) is 4.18. The number of methoxy groups -OCH3 is 1. The lowest BCUT2D eigenvalue weighted by Gasteiger charge is -2.09. The van der Waals surface area contributed by atoms with E-state index in [1.165, 1.54) is 7.11 Å². The molecule has 6 nitrogen and oxygen atoms in total. The number of carbonyl (C=O) groups is 2. The number of esters is 1. The highest BCUT2D eigenvalue weighted by atomic mass is 16.5. The SMILES string of the molecule is COC(=O)c1ccc(NC(=O)c2ccc(OCCOc3ccccc3)cc2)cc1. The van der Waals surface area contributed by atoms with Crippen LogP contribution >= 0.6 is 0 Å². The number of hydrogen-bond donors (Lipinski definition) is 1. The van der Waals surface area contributed by atoms with Crippen LogP contribution in [0, 0.1) is 0 Å². The Hall–Kier alpha value is -3.80. The molecule has 0 bridgehead atoms. The summed E-state index contributed by atoms with van der Waals surface area (Å²) in [6.45, 7) is 0.820. The predicted molar refractivity (Wildman–Crippen MR) is 110 cm³/mol. The lowest BCUT2D eigenvalue weighted by Crippen LogP contribution is -2.12. The highest BCUT2D eigenvalue weighted by Gasteiger charge is 2.08. The molecule has 3 aromatic rings. The molecular weight excluding hydrogens is 370 g/mol. The second-order valence-corrected chi connectivity index (χ2v) is 6.06. The topological polar surface area (TPSA) is 73.9 Å². The van der Waals surface area contributed by atoms with Gasteiger partial charge < -0.3 is 19.5 Å². The van der Waals surface area contributed by atoms with Crippen LogP contribution in [0.25, 0.3) is 0 Å². The molecule has 0 saturated heterocycles. The summed E-state index contributed by atoms with van der Waals surface area (Å²) in [4.78, 5) is 23.8. The van der Waals surface area contributed by atoms with Gasteiger partial charge >= 0.3 is 5.97 Å². The Kier molecular flexibility index (Phi) is 6.84. The fourth-order valence-corrected chi connectivity index (χ4v) is 2.55. The van der Waals surface area contributed by atoms with Gasteiger partial charge in [-0.25, -0.2) is 4.79 Å². The highest BCUT2D eigenvalue weighted by molar-refractivity contribution is 6.04. The molecule has 0 saturated carbocycles. The number of anilines is 1. The minimum absolute atomic E-state index is 0.255. The molecule has 0 aliphatic carbocycles. The Labute approximate surface area is 169 Å². The molecule has 0 aliphatic rings. The lowest BCUT2D eigenvalue weighted by molar-refractivity contribution is 0.0600. The maximum Gasteiger partial charge on any atom is 0.337 e. The van der Waals surface area contributed by atoms with Gasteiger partial charge in [0.05, 0.1) is 12.7 Å². The first kappa shape index (κ1) is 19.9. The summed E-state index contributed by atoms with van der Waals surface area (Å²) in [6.07, 6.45) is 0. The zero-order valence-electron chi connectivity index (χ0n) is 16.0. The number of benzene rings is 3. The molecule has 0 radical (unpaired) electrons. The molecule has 0 spiro atoms. The van der Waals surface area contributed by atoms with E-state index in [0.717, 1.165) is 5.75 Å². The van der Waals surface area contributed by atoms with Gasteiger partial charge in [0.2, 0.25) is 0 Å². The summed E-state index contributed by atoms with van der Waals surface area (Å²) in [6, 6.07) is 22.8. The number of para-hydroxylation sites is 1. The van der Waals surface area contributed by atoms with E-state index in [0.29, 0.717) is 35.8 Å². The normalized spacial score (nSPS) is 10.1. The second kappa shape index (κ2) is 9.94. The molecule has 148 valence electrons. The van der Waals surface area contributed by atoms with Crippen LogP contribution in [0.3, 0.4) is 0 Å². The van der Waals surface area contributed by atoms with Gasteiger partial charge in [0.15, 0.2) is 0 Å². The van der Waals surface area contributed by atoms with E-state index in [-0.39, 0.29) is 5.91 Å². The van der Waals surface area contributed by atoms with E-state index in [2.05, 4.69) is 10.1 Å². The van der Waals surface area contributed by atoms with E-state index < -0.39 is 5.97 Å². The maximum absolute atomic E-state index is 12.4. The average molecular weight is 391 g/mol. The molecule has 0 aromatic heterocycles. The Morgan fingerprint density at radius 2 is 1.28 bits per heavy atom. The summed E-state index contributed by atoms with van der Waals surface area (Å²) in [5, 5.41) is 2.78. The molecule has 6 heteroatoms. The van der Waals surface area contributed by atoms with Crippen molar-refractivity contribution < 1.29 is 23.8 Å². The van der Waals surface area contributed by atoms with Crippen molar-refractivity contribution in [1.82, 2.24) is 0 Å². The van der Waals surface area contributed by atoms with Gasteiger partial charge in [-0.2, -0.15) is 0 Å². The van der Waals surface area contributed by atoms with Crippen molar-refractivity contribution in [2.45, 2.75) is 0 Å². The summed E-state index contributed by atoms with van der Waals surface area (Å²) >= 11 is 0. The molecule has 29 heavy (non-hydrogen) atoms. The molecule has 1 N–H and O–H groups in total. The van der Waals surface area contributed by atoms with Crippen LogP contribution in [0.2, 0.25) is 0 Å². The molecule has 0 unspecified atom stereocenters. The fourth-order valence-electron chi connectivity index (χ4n) is 2.55. The number of nitrogens with one attached hydrogen (secondary N) is 1. The molecule has 0 heterocycles. The van der Waals surface area contributed by atoms with Gasteiger partial charge in [-0.05, 0) is 60.7 Å². The number of carbonyl (C=O) groups excluding carboxylic acids is 2. The highest BCUT2D eigenvalue weighted by Crippen LogP contribution is 2.16. The molecule has 0 aliphatic heterocycles. The van der Waals surface area contributed by atoms with Crippen LogP contribution in [0.1, 0.15) is 20.7 Å². The van der Waals surface area contributed by atoms with Gasteiger partial charge in [-0.15, -0.1) is 0 Å². The Morgan fingerprint density at radius 3 is 1.86 bits per heavy atom. The van der Waals surface area contributed by atoms with Crippen molar-refractivity contribution in [2.24, 2.45) is 0 Å². The second-order valence-electron chi connectivity index (χ2n) is 6.06. The smallest absolute Gasteiger partial charge is 0.337 e. The molecule has 1 amide bonds.